The summed E-state index contributed by atoms with van der Waals surface area (Å²) in [5.74, 6) is 7.54. The standard InChI is InChI=1S/C28H49N3O4/c1-4-6-9-24(22(3)5-2)20-31(30)16-7-8-17-33-21-27-18-25(32)19-28(35-27)34-26-12-10-23(11-13-26)14-15-29/h10-13,20,22,25,27-28,32H,4-9,14-19,21,29-30H2,1-3H3/b24-20-. The number of nitrogens with zero attached hydrogens (tertiary/aromatic N) is 1. The van der Waals surface area contributed by atoms with Crippen LogP contribution in [0.1, 0.15) is 77.7 Å². The molecule has 1 fully saturated rings. The Morgan fingerprint density at radius 1 is 1.20 bits per heavy atom. The van der Waals surface area contributed by atoms with Gasteiger partial charge < -0.3 is 30.1 Å². The highest BCUT2D eigenvalue weighted by Crippen LogP contribution is 2.24. The van der Waals surface area contributed by atoms with E-state index in [1.165, 1.54) is 24.0 Å². The second-order valence-corrected chi connectivity index (χ2v) is 9.75. The van der Waals surface area contributed by atoms with Crippen molar-refractivity contribution >= 4 is 0 Å². The number of aliphatic hydroxyl groups is 1. The Hall–Kier alpha value is -1.64. The van der Waals surface area contributed by atoms with E-state index >= 15 is 0 Å². The molecule has 2 rings (SSSR count). The molecule has 0 saturated carbocycles. The first kappa shape index (κ1) is 29.6. The van der Waals surface area contributed by atoms with Gasteiger partial charge in [-0.15, -0.1) is 0 Å². The lowest BCUT2D eigenvalue weighted by molar-refractivity contribution is -0.189. The smallest absolute Gasteiger partial charge is 0.202 e. The minimum Gasteiger partial charge on any atom is -0.465 e. The summed E-state index contributed by atoms with van der Waals surface area (Å²) in [6.07, 6.45) is 9.48. The van der Waals surface area contributed by atoms with Gasteiger partial charge in [0.05, 0.1) is 18.8 Å². The van der Waals surface area contributed by atoms with Gasteiger partial charge in [-0.3, -0.25) is 0 Å². The highest BCUT2D eigenvalue weighted by atomic mass is 16.7. The largest absolute Gasteiger partial charge is 0.465 e. The van der Waals surface area contributed by atoms with Crippen LogP contribution in [0.15, 0.2) is 36.0 Å². The van der Waals surface area contributed by atoms with E-state index in [1.54, 1.807) is 0 Å². The molecule has 0 bridgehead atoms. The highest BCUT2D eigenvalue weighted by molar-refractivity contribution is 5.27. The van der Waals surface area contributed by atoms with E-state index in [-0.39, 0.29) is 6.10 Å². The molecule has 1 aromatic carbocycles. The monoisotopic (exact) mass is 491 g/mol. The number of hydrazine groups is 1. The Morgan fingerprint density at radius 3 is 2.66 bits per heavy atom. The second-order valence-electron chi connectivity index (χ2n) is 9.75. The van der Waals surface area contributed by atoms with Crippen LogP contribution < -0.4 is 16.3 Å². The van der Waals surface area contributed by atoms with Gasteiger partial charge in [-0.05, 0) is 68.7 Å². The van der Waals surface area contributed by atoms with Crippen molar-refractivity contribution in [2.24, 2.45) is 17.5 Å². The molecular weight excluding hydrogens is 442 g/mol. The van der Waals surface area contributed by atoms with Gasteiger partial charge in [0, 0.05) is 32.2 Å². The summed E-state index contributed by atoms with van der Waals surface area (Å²) in [6.45, 7) is 9.27. The summed E-state index contributed by atoms with van der Waals surface area (Å²) in [4.78, 5) is 0. The average molecular weight is 492 g/mol. The third kappa shape index (κ3) is 11.8. The van der Waals surface area contributed by atoms with Crippen LogP contribution in [0.25, 0.3) is 0 Å². The predicted molar refractivity (Wildman–Crippen MR) is 142 cm³/mol. The molecule has 1 aliphatic rings. The molecule has 1 heterocycles. The van der Waals surface area contributed by atoms with Crippen LogP contribution in [-0.4, -0.2) is 54.9 Å². The lowest BCUT2D eigenvalue weighted by Crippen LogP contribution is -2.40. The molecule has 1 saturated heterocycles. The molecule has 0 spiro atoms. The molecule has 0 aromatic heterocycles. The fourth-order valence-corrected chi connectivity index (χ4v) is 4.26. The molecule has 1 aromatic rings. The van der Waals surface area contributed by atoms with Crippen molar-refractivity contribution in [1.82, 2.24) is 5.01 Å². The Kier molecular flexibility index (Phi) is 14.3. The maximum atomic E-state index is 10.3. The highest BCUT2D eigenvalue weighted by Gasteiger charge is 2.29. The fraction of sp³-hybridized carbons (Fsp3) is 0.714. The average Bonchev–Trinajstić information content (AvgIpc) is 2.84. The van der Waals surface area contributed by atoms with Gasteiger partial charge in [-0.1, -0.05) is 44.9 Å². The molecule has 4 unspecified atom stereocenters. The van der Waals surface area contributed by atoms with Gasteiger partial charge in [0.2, 0.25) is 6.29 Å². The third-order valence-electron chi connectivity index (χ3n) is 6.62. The van der Waals surface area contributed by atoms with E-state index in [4.69, 9.17) is 25.8 Å². The van der Waals surface area contributed by atoms with Gasteiger partial charge in [-0.2, -0.15) is 0 Å². The first-order valence-electron chi connectivity index (χ1n) is 13.5. The summed E-state index contributed by atoms with van der Waals surface area (Å²) in [5, 5.41) is 12.1. The molecule has 0 radical (unpaired) electrons. The summed E-state index contributed by atoms with van der Waals surface area (Å²) in [5.41, 5.74) is 8.23. The van der Waals surface area contributed by atoms with Gasteiger partial charge >= 0.3 is 0 Å². The Bertz CT molecular complexity index is 713. The van der Waals surface area contributed by atoms with Crippen molar-refractivity contribution in [2.45, 2.75) is 97.1 Å². The Labute approximate surface area is 212 Å². The first-order valence-corrected chi connectivity index (χ1v) is 13.5. The zero-order valence-corrected chi connectivity index (χ0v) is 22.2. The number of allylic oxidation sites excluding steroid dienone is 1. The summed E-state index contributed by atoms with van der Waals surface area (Å²) in [6, 6.07) is 7.87. The van der Waals surface area contributed by atoms with Crippen molar-refractivity contribution in [2.75, 3.05) is 26.3 Å². The molecule has 7 heteroatoms. The molecular formula is C28H49N3O4. The molecule has 0 amide bonds. The van der Waals surface area contributed by atoms with E-state index < -0.39 is 12.4 Å². The summed E-state index contributed by atoms with van der Waals surface area (Å²) < 4.78 is 17.8. The minimum absolute atomic E-state index is 0.175. The number of hydrogen-bond donors (Lipinski definition) is 3. The van der Waals surface area contributed by atoms with Crippen LogP contribution in [0.3, 0.4) is 0 Å². The zero-order chi connectivity index (χ0) is 25.5. The molecule has 7 nitrogen and oxygen atoms in total. The van der Waals surface area contributed by atoms with Crippen molar-refractivity contribution in [3.63, 3.8) is 0 Å². The number of benzene rings is 1. The van der Waals surface area contributed by atoms with Gasteiger partial charge in [0.15, 0.2) is 0 Å². The van der Waals surface area contributed by atoms with Crippen molar-refractivity contribution < 1.29 is 19.3 Å². The van der Waals surface area contributed by atoms with E-state index in [2.05, 4.69) is 27.0 Å². The summed E-state index contributed by atoms with van der Waals surface area (Å²) in [7, 11) is 0. The normalized spacial score (nSPS) is 21.7. The topological polar surface area (TPSA) is 103 Å². The number of unbranched alkanes of at least 4 members (excludes halogenated alkanes) is 2. The number of aliphatic hydroxyl groups excluding tert-OH is 1. The fourth-order valence-electron chi connectivity index (χ4n) is 4.26. The lowest BCUT2D eigenvalue weighted by Gasteiger charge is -2.33. The first-order chi connectivity index (χ1) is 16.9. The van der Waals surface area contributed by atoms with E-state index in [0.717, 1.165) is 44.4 Å². The van der Waals surface area contributed by atoms with E-state index in [1.807, 2.05) is 29.3 Å². The number of nitrogens with two attached hydrogens (primary N) is 2. The predicted octanol–water partition coefficient (Wildman–Crippen LogP) is 4.53. The quantitative estimate of drug-likeness (QED) is 0.167. The van der Waals surface area contributed by atoms with Crippen LogP contribution in [0.4, 0.5) is 0 Å². The van der Waals surface area contributed by atoms with Gasteiger partial charge in [0.25, 0.3) is 0 Å². The third-order valence-corrected chi connectivity index (χ3v) is 6.62. The SMILES string of the molecule is CCCC/C(=C/N(N)CCCCOCC1CC(O)CC(Oc2ccc(CCN)cc2)O1)C(C)CC. The molecule has 4 atom stereocenters. The van der Waals surface area contributed by atoms with Crippen molar-refractivity contribution in [3.8, 4) is 5.75 Å². The van der Waals surface area contributed by atoms with Crippen LogP contribution >= 0.6 is 0 Å². The molecule has 35 heavy (non-hydrogen) atoms. The number of ether oxygens (including phenoxy) is 3. The van der Waals surface area contributed by atoms with Gasteiger partial charge in [0.1, 0.15) is 5.75 Å². The van der Waals surface area contributed by atoms with Crippen LogP contribution in [-0.2, 0) is 15.9 Å². The number of hydrogen-bond acceptors (Lipinski definition) is 7. The Morgan fingerprint density at radius 2 is 1.97 bits per heavy atom. The molecule has 5 N–H and O–H groups in total. The zero-order valence-electron chi connectivity index (χ0n) is 22.2. The molecule has 200 valence electrons. The van der Waals surface area contributed by atoms with Crippen LogP contribution in [0, 0.1) is 5.92 Å². The Balaban J connectivity index is 1.66. The maximum Gasteiger partial charge on any atom is 0.202 e. The minimum atomic E-state index is -0.474. The van der Waals surface area contributed by atoms with Crippen LogP contribution in [0.2, 0.25) is 0 Å². The molecule has 1 aliphatic heterocycles. The van der Waals surface area contributed by atoms with Gasteiger partial charge in [-0.25, -0.2) is 5.84 Å². The molecule has 0 aliphatic carbocycles. The maximum absolute atomic E-state index is 10.3. The summed E-state index contributed by atoms with van der Waals surface area (Å²) >= 11 is 0. The van der Waals surface area contributed by atoms with Crippen molar-refractivity contribution in [1.29, 1.82) is 0 Å². The lowest BCUT2D eigenvalue weighted by atomic mass is 9.94. The number of rotatable bonds is 17. The second kappa shape index (κ2) is 16.9. The van der Waals surface area contributed by atoms with E-state index in [9.17, 15) is 5.11 Å². The van der Waals surface area contributed by atoms with Crippen LogP contribution in [0.5, 0.6) is 5.75 Å². The van der Waals surface area contributed by atoms with Crippen molar-refractivity contribution in [3.05, 3.63) is 41.6 Å². The van der Waals surface area contributed by atoms with E-state index in [0.29, 0.717) is 38.5 Å².